The molecule has 0 bridgehead atoms. The van der Waals surface area contributed by atoms with E-state index in [4.69, 9.17) is 10.9 Å². The zero-order valence-electron chi connectivity index (χ0n) is 11.6. The van der Waals surface area contributed by atoms with E-state index < -0.39 is 0 Å². The van der Waals surface area contributed by atoms with Crippen LogP contribution in [0.2, 0.25) is 0 Å². The smallest absolute Gasteiger partial charge is 0.170 e. The highest BCUT2D eigenvalue weighted by Gasteiger charge is 2.16. The molecular weight excluding hydrogens is 259 g/mol. The summed E-state index contributed by atoms with van der Waals surface area (Å²) in [6.45, 7) is 2.74. The third-order valence-corrected chi connectivity index (χ3v) is 3.67. The molecule has 0 atom stereocenters. The number of hydrogen-bond acceptors (Lipinski definition) is 4. The summed E-state index contributed by atoms with van der Waals surface area (Å²) in [7, 11) is 2.12. The van der Waals surface area contributed by atoms with E-state index in [0.717, 1.165) is 31.5 Å². The van der Waals surface area contributed by atoms with Crippen molar-refractivity contribution >= 4 is 5.84 Å². The molecule has 20 heavy (non-hydrogen) atoms. The molecular formula is C14H21FN4O. The Morgan fingerprint density at radius 1 is 1.45 bits per heavy atom. The van der Waals surface area contributed by atoms with Crippen molar-refractivity contribution in [3.8, 4) is 0 Å². The Hall–Kier alpha value is -1.66. The maximum atomic E-state index is 13.5. The molecule has 1 aliphatic heterocycles. The van der Waals surface area contributed by atoms with Gasteiger partial charge in [-0.1, -0.05) is 5.16 Å². The minimum absolute atomic E-state index is 0.0787. The Labute approximate surface area is 118 Å². The number of nitrogens with one attached hydrogen (secondary N) is 1. The molecule has 1 fully saturated rings. The van der Waals surface area contributed by atoms with Crippen LogP contribution in [0.3, 0.4) is 0 Å². The van der Waals surface area contributed by atoms with E-state index in [2.05, 4.69) is 22.4 Å². The van der Waals surface area contributed by atoms with Gasteiger partial charge in [-0.15, -0.1) is 0 Å². The number of amidine groups is 1. The number of piperidine rings is 1. The minimum atomic E-state index is -0.380. The fraction of sp³-hybridized carbons (Fsp3) is 0.500. The predicted molar refractivity (Wildman–Crippen MR) is 76.3 cm³/mol. The second-order valence-corrected chi connectivity index (χ2v) is 5.29. The minimum Gasteiger partial charge on any atom is -0.409 e. The van der Waals surface area contributed by atoms with Gasteiger partial charge in [-0.25, -0.2) is 4.39 Å². The Morgan fingerprint density at radius 3 is 2.80 bits per heavy atom. The van der Waals surface area contributed by atoms with Gasteiger partial charge in [0.05, 0.1) is 0 Å². The Kier molecular flexibility index (Phi) is 4.92. The SMILES string of the molecule is CN1CCC(NCc2cc(F)cc(/C(N)=N/O)c2)CC1. The van der Waals surface area contributed by atoms with Gasteiger partial charge >= 0.3 is 0 Å². The first kappa shape index (κ1) is 14.7. The molecule has 6 heteroatoms. The van der Waals surface area contributed by atoms with Crippen molar-refractivity contribution in [1.29, 1.82) is 0 Å². The number of halogens is 1. The number of nitrogens with zero attached hydrogens (tertiary/aromatic N) is 2. The number of oxime groups is 1. The first-order chi connectivity index (χ1) is 9.58. The van der Waals surface area contributed by atoms with Crippen molar-refractivity contribution in [3.63, 3.8) is 0 Å². The van der Waals surface area contributed by atoms with E-state index in [1.807, 2.05) is 0 Å². The molecule has 1 heterocycles. The molecule has 1 aliphatic rings. The molecule has 0 amide bonds. The zero-order chi connectivity index (χ0) is 14.5. The lowest BCUT2D eigenvalue weighted by molar-refractivity contribution is 0.234. The van der Waals surface area contributed by atoms with Gasteiger partial charge < -0.3 is 21.2 Å². The van der Waals surface area contributed by atoms with Crippen LogP contribution >= 0.6 is 0 Å². The summed E-state index contributed by atoms with van der Waals surface area (Å²) in [5, 5.41) is 15.0. The summed E-state index contributed by atoms with van der Waals surface area (Å²) in [6, 6.07) is 4.92. The van der Waals surface area contributed by atoms with Gasteiger partial charge in [0.1, 0.15) is 5.82 Å². The molecule has 110 valence electrons. The second kappa shape index (κ2) is 6.67. The van der Waals surface area contributed by atoms with Gasteiger partial charge in [-0.2, -0.15) is 0 Å². The van der Waals surface area contributed by atoms with Gasteiger partial charge in [0.25, 0.3) is 0 Å². The Bertz CT molecular complexity index is 484. The molecule has 0 unspecified atom stereocenters. The first-order valence-electron chi connectivity index (χ1n) is 6.78. The van der Waals surface area contributed by atoms with Crippen molar-refractivity contribution in [1.82, 2.24) is 10.2 Å². The van der Waals surface area contributed by atoms with E-state index in [0.29, 0.717) is 18.2 Å². The highest BCUT2D eigenvalue weighted by Crippen LogP contribution is 2.12. The zero-order valence-corrected chi connectivity index (χ0v) is 11.6. The summed E-state index contributed by atoms with van der Waals surface area (Å²) in [5.41, 5.74) is 6.69. The third kappa shape index (κ3) is 3.91. The number of benzene rings is 1. The lowest BCUT2D eigenvalue weighted by Gasteiger charge is -2.29. The van der Waals surface area contributed by atoms with Crippen molar-refractivity contribution < 1.29 is 9.60 Å². The van der Waals surface area contributed by atoms with Crippen LogP contribution < -0.4 is 11.1 Å². The maximum absolute atomic E-state index is 13.5. The quantitative estimate of drug-likeness (QED) is 0.334. The standard InChI is InChI=1S/C14H21FN4O/c1-19-4-2-13(3-5-19)17-9-10-6-11(14(16)18-20)8-12(15)7-10/h6-8,13,17,20H,2-5,9H2,1H3,(H2,16,18). The van der Waals surface area contributed by atoms with Crippen LogP contribution in [0.15, 0.2) is 23.4 Å². The topological polar surface area (TPSA) is 73.9 Å². The van der Waals surface area contributed by atoms with Crippen LogP contribution in [0, 0.1) is 5.82 Å². The van der Waals surface area contributed by atoms with Crippen molar-refractivity contribution in [2.24, 2.45) is 10.9 Å². The van der Waals surface area contributed by atoms with Crippen LogP contribution in [0.25, 0.3) is 0 Å². The van der Waals surface area contributed by atoms with Gasteiger partial charge in [0, 0.05) is 18.2 Å². The average Bonchev–Trinajstić information content (AvgIpc) is 2.45. The molecule has 0 aliphatic carbocycles. The van der Waals surface area contributed by atoms with Crippen molar-refractivity contribution in [2.75, 3.05) is 20.1 Å². The molecule has 1 saturated heterocycles. The summed E-state index contributed by atoms with van der Waals surface area (Å²) >= 11 is 0. The number of rotatable bonds is 4. The Balaban J connectivity index is 1.97. The van der Waals surface area contributed by atoms with Gasteiger partial charge in [0.2, 0.25) is 0 Å². The van der Waals surface area contributed by atoms with E-state index >= 15 is 0 Å². The number of hydrogen-bond donors (Lipinski definition) is 3. The van der Waals surface area contributed by atoms with Gasteiger partial charge in [0.15, 0.2) is 5.84 Å². The molecule has 1 aromatic rings. The number of likely N-dealkylation sites (tertiary alicyclic amines) is 1. The lowest BCUT2D eigenvalue weighted by atomic mass is 10.0. The van der Waals surface area contributed by atoms with Gasteiger partial charge in [-0.3, -0.25) is 0 Å². The third-order valence-electron chi connectivity index (χ3n) is 3.67. The van der Waals surface area contributed by atoms with Crippen LogP contribution in [0.1, 0.15) is 24.0 Å². The van der Waals surface area contributed by atoms with E-state index in [1.54, 1.807) is 6.07 Å². The second-order valence-electron chi connectivity index (χ2n) is 5.29. The molecule has 0 spiro atoms. The van der Waals surface area contributed by atoms with E-state index in [9.17, 15) is 4.39 Å². The molecule has 0 aromatic heterocycles. The average molecular weight is 280 g/mol. The summed E-state index contributed by atoms with van der Waals surface area (Å²) in [4.78, 5) is 2.30. The van der Waals surface area contributed by atoms with E-state index in [-0.39, 0.29) is 11.7 Å². The summed E-state index contributed by atoms with van der Waals surface area (Å²) in [6.07, 6.45) is 2.19. The maximum Gasteiger partial charge on any atom is 0.170 e. The summed E-state index contributed by atoms with van der Waals surface area (Å²) < 4.78 is 13.5. The predicted octanol–water partition coefficient (Wildman–Crippen LogP) is 1.10. The fourth-order valence-electron chi connectivity index (χ4n) is 2.43. The molecule has 0 saturated carbocycles. The van der Waals surface area contributed by atoms with Crippen molar-refractivity contribution in [2.45, 2.75) is 25.4 Å². The molecule has 1 aromatic carbocycles. The molecule has 5 nitrogen and oxygen atoms in total. The lowest BCUT2D eigenvalue weighted by Crippen LogP contribution is -2.40. The van der Waals surface area contributed by atoms with Crippen LogP contribution in [0.4, 0.5) is 4.39 Å². The van der Waals surface area contributed by atoms with Crippen molar-refractivity contribution in [3.05, 3.63) is 35.1 Å². The van der Waals surface area contributed by atoms with Crippen LogP contribution in [-0.2, 0) is 6.54 Å². The summed E-state index contributed by atoms with van der Waals surface area (Å²) in [5.74, 6) is -0.459. The number of nitrogens with two attached hydrogens (primary N) is 1. The monoisotopic (exact) mass is 280 g/mol. The normalized spacial score (nSPS) is 18.4. The molecule has 4 N–H and O–H groups in total. The van der Waals surface area contributed by atoms with E-state index in [1.165, 1.54) is 12.1 Å². The first-order valence-corrected chi connectivity index (χ1v) is 6.78. The highest BCUT2D eigenvalue weighted by atomic mass is 19.1. The largest absolute Gasteiger partial charge is 0.409 e. The van der Waals surface area contributed by atoms with Gasteiger partial charge in [-0.05, 0) is 56.7 Å². The Morgan fingerprint density at radius 2 is 2.15 bits per heavy atom. The molecule has 0 radical (unpaired) electrons. The van der Waals surface area contributed by atoms with Crippen LogP contribution in [0.5, 0.6) is 0 Å². The highest BCUT2D eigenvalue weighted by molar-refractivity contribution is 5.97. The fourth-order valence-corrected chi connectivity index (χ4v) is 2.43. The van der Waals surface area contributed by atoms with Crippen LogP contribution in [-0.4, -0.2) is 42.1 Å². The molecule has 2 rings (SSSR count).